The van der Waals surface area contributed by atoms with Gasteiger partial charge in [0.1, 0.15) is 0 Å². The van der Waals surface area contributed by atoms with Gasteiger partial charge < -0.3 is 10.6 Å². The molecule has 1 aliphatic heterocycles. The monoisotopic (exact) mass is 400 g/mol. The van der Waals surface area contributed by atoms with Crippen LogP contribution in [0.3, 0.4) is 0 Å². The minimum Gasteiger partial charge on any atom is -0.368 e. The van der Waals surface area contributed by atoms with Gasteiger partial charge in [-0.2, -0.15) is 0 Å². The van der Waals surface area contributed by atoms with Crippen molar-refractivity contribution < 1.29 is 4.79 Å². The van der Waals surface area contributed by atoms with Crippen LogP contribution < -0.4 is 5.73 Å². The van der Waals surface area contributed by atoms with Gasteiger partial charge in [0, 0.05) is 38.8 Å². The van der Waals surface area contributed by atoms with E-state index in [9.17, 15) is 4.79 Å². The quantitative estimate of drug-likeness (QED) is 0.750. The summed E-state index contributed by atoms with van der Waals surface area (Å²) in [4.78, 5) is 17.2. The first kappa shape index (κ1) is 19.3. The summed E-state index contributed by atoms with van der Waals surface area (Å²) in [6, 6.07) is 8.95. The molecule has 0 atom stereocenters. The molecule has 2 aliphatic rings. The molecule has 1 aromatic heterocycles. The van der Waals surface area contributed by atoms with Crippen molar-refractivity contribution in [3.63, 3.8) is 0 Å². The number of carbonyl (C=O) groups excluding carboxylic acids is 1. The van der Waals surface area contributed by atoms with E-state index >= 15 is 0 Å². The number of aryl methyl sites for hydroxylation is 1. The van der Waals surface area contributed by atoms with E-state index < -0.39 is 0 Å². The molecule has 1 aromatic carbocycles. The van der Waals surface area contributed by atoms with Crippen molar-refractivity contribution in [1.82, 2.24) is 24.6 Å². The molecule has 4 rings (SSSR count). The number of hydrogen-bond acceptors (Lipinski definition) is 6. The molecular weight excluding hydrogens is 372 g/mol. The van der Waals surface area contributed by atoms with Gasteiger partial charge in [-0.25, -0.2) is 0 Å². The fraction of sp³-hybridized carbons (Fsp3) is 0.550. The SMILES string of the molecule is Cc1ccccc1CN1CCCN(C(=O)CSc2nnc(N)n2C2CC2)CC1. The lowest BCUT2D eigenvalue weighted by Crippen LogP contribution is -2.36. The first-order valence-corrected chi connectivity index (χ1v) is 11.0. The molecule has 8 heteroatoms. The summed E-state index contributed by atoms with van der Waals surface area (Å²) < 4.78 is 1.98. The van der Waals surface area contributed by atoms with Crippen molar-refractivity contribution in [3.05, 3.63) is 35.4 Å². The van der Waals surface area contributed by atoms with Gasteiger partial charge in [-0.1, -0.05) is 36.0 Å². The van der Waals surface area contributed by atoms with Gasteiger partial charge in [0.25, 0.3) is 0 Å². The number of carbonyl (C=O) groups is 1. The Morgan fingerprint density at radius 2 is 2.00 bits per heavy atom. The van der Waals surface area contributed by atoms with Crippen LogP contribution in [0.15, 0.2) is 29.4 Å². The van der Waals surface area contributed by atoms with E-state index in [1.54, 1.807) is 0 Å². The minimum atomic E-state index is 0.173. The van der Waals surface area contributed by atoms with Gasteiger partial charge >= 0.3 is 0 Å². The van der Waals surface area contributed by atoms with Crippen molar-refractivity contribution in [1.29, 1.82) is 0 Å². The number of anilines is 1. The summed E-state index contributed by atoms with van der Waals surface area (Å²) in [6.45, 7) is 6.65. The van der Waals surface area contributed by atoms with Crippen molar-refractivity contribution in [3.8, 4) is 0 Å². The third kappa shape index (κ3) is 4.50. The highest BCUT2D eigenvalue weighted by Crippen LogP contribution is 2.39. The van der Waals surface area contributed by atoms with Crippen molar-refractivity contribution in [2.75, 3.05) is 37.7 Å². The molecule has 1 aliphatic carbocycles. The lowest BCUT2D eigenvalue weighted by molar-refractivity contribution is -0.128. The van der Waals surface area contributed by atoms with Crippen LogP contribution >= 0.6 is 11.8 Å². The van der Waals surface area contributed by atoms with E-state index in [1.165, 1.54) is 22.9 Å². The molecule has 7 nitrogen and oxygen atoms in total. The molecule has 2 aromatic rings. The van der Waals surface area contributed by atoms with Gasteiger partial charge in [-0.3, -0.25) is 14.3 Å². The van der Waals surface area contributed by atoms with Crippen LogP contribution in [0.5, 0.6) is 0 Å². The predicted octanol–water partition coefficient (Wildman–Crippen LogP) is 2.33. The fourth-order valence-electron chi connectivity index (χ4n) is 3.69. The summed E-state index contributed by atoms with van der Waals surface area (Å²) in [6.07, 6.45) is 3.24. The second kappa shape index (κ2) is 8.53. The van der Waals surface area contributed by atoms with Crippen LogP contribution in [-0.2, 0) is 11.3 Å². The Morgan fingerprint density at radius 1 is 1.18 bits per heavy atom. The molecule has 150 valence electrons. The Bertz CT molecular complexity index is 834. The number of thioether (sulfide) groups is 1. The van der Waals surface area contributed by atoms with Crippen LogP contribution in [-0.4, -0.2) is 62.4 Å². The van der Waals surface area contributed by atoms with Gasteiger partial charge in [-0.15, -0.1) is 10.2 Å². The second-order valence-corrected chi connectivity index (χ2v) is 8.61. The van der Waals surface area contributed by atoms with Gasteiger partial charge in [0.2, 0.25) is 11.9 Å². The number of aromatic nitrogens is 3. The van der Waals surface area contributed by atoms with E-state index in [0.717, 1.165) is 57.1 Å². The van der Waals surface area contributed by atoms with Crippen LogP contribution in [0.2, 0.25) is 0 Å². The Kier molecular flexibility index (Phi) is 5.87. The predicted molar refractivity (Wildman–Crippen MR) is 111 cm³/mol. The van der Waals surface area contributed by atoms with E-state index in [-0.39, 0.29) is 5.91 Å². The summed E-state index contributed by atoms with van der Waals surface area (Å²) in [7, 11) is 0. The van der Waals surface area contributed by atoms with E-state index in [1.807, 2.05) is 9.47 Å². The topological polar surface area (TPSA) is 80.3 Å². The number of nitrogens with zero attached hydrogens (tertiary/aromatic N) is 5. The van der Waals surface area contributed by atoms with Gasteiger partial charge in [0.15, 0.2) is 5.16 Å². The number of rotatable bonds is 6. The third-order valence-corrected chi connectivity index (χ3v) is 6.45. The van der Waals surface area contributed by atoms with Crippen LogP contribution in [0.1, 0.15) is 36.4 Å². The molecular formula is C20H28N6OS. The number of benzene rings is 1. The van der Waals surface area contributed by atoms with Crippen molar-refractivity contribution in [2.24, 2.45) is 0 Å². The van der Waals surface area contributed by atoms with Gasteiger partial charge in [0.05, 0.1) is 5.75 Å². The molecule has 1 amide bonds. The zero-order valence-electron chi connectivity index (χ0n) is 16.4. The maximum Gasteiger partial charge on any atom is 0.233 e. The summed E-state index contributed by atoms with van der Waals surface area (Å²) in [5.41, 5.74) is 8.62. The first-order valence-electron chi connectivity index (χ1n) is 9.99. The number of amides is 1. The smallest absolute Gasteiger partial charge is 0.233 e. The standard InChI is InChI=1S/C20H28N6OS/c1-15-5-2-3-6-16(15)13-24-9-4-10-25(12-11-24)18(27)14-28-20-23-22-19(21)26(20)17-7-8-17/h2-3,5-6,17H,4,7-14H2,1H3,(H2,21,22). The first-order chi connectivity index (χ1) is 13.6. The highest BCUT2D eigenvalue weighted by Gasteiger charge is 2.29. The Morgan fingerprint density at radius 3 is 2.79 bits per heavy atom. The average molecular weight is 401 g/mol. The molecule has 28 heavy (non-hydrogen) atoms. The summed E-state index contributed by atoms with van der Waals surface area (Å²) >= 11 is 1.45. The zero-order chi connectivity index (χ0) is 19.5. The fourth-order valence-corrected chi connectivity index (χ4v) is 4.60. The normalized spacial score (nSPS) is 18.2. The summed E-state index contributed by atoms with van der Waals surface area (Å²) in [5, 5.41) is 8.90. The largest absolute Gasteiger partial charge is 0.368 e. The number of nitrogens with two attached hydrogens (primary N) is 1. The van der Waals surface area contributed by atoms with Crippen LogP contribution in [0.25, 0.3) is 0 Å². The molecule has 1 saturated heterocycles. The lowest BCUT2D eigenvalue weighted by Gasteiger charge is -2.22. The zero-order valence-corrected chi connectivity index (χ0v) is 17.2. The van der Waals surface area contributed by atoms with Crippen LogP contribution in [0.4, 0.5) is 5.95 Å². The lowest BCUT2D eigenvalue weighted by atomic mass is 10.1. The van der Waals surface area contributed by atoms with Crippen molar-refractivity contribution in [2.45, 2.75) is 43.9 Å². The molecule has 2 heterocycles. The molecule has 2 fully saturated rings. The number of hydrogen-bond donors (Lipinski definition) is 1. The van der Waals surface area contributed by atoms with Gasteiger partial charge in [-0.05, 0) is 37.3 Å². The molecule has 0 bridgehead atoms. The maximum atomic E-state index is 12.7. The molecule has 1 saturated carbocycles. The van der Waals surface area contributed by atoms with Crippen molar-refractivity contribution >= 4 is 23.6 Å². The molecule has 0 spiro atoms. The van der Waals surface area contributed by atoms with E-state index in [4.69, 9.17) is 5.73 Å². The van der Waals surface area contributed by atoms with E-state index in [2.05, 4.69) is 46.3 Å². The molecule has 0 unspecified atom stereocenters. The maximum absolute atomic E-state index is 12.7. The summed E-state index contributed by atoms with van der Waals surface area (Å²) in [5.74, 6) is 1.02. The second-order valence-electron chi connectivity index (χ2n) is 7.67. The highest BCUT2D eigenvalue weighted by molar-refractivity contribution is 7.99. The molecule has 0 radical (unpaired) electrons. The average Bonchev–Trinajstić information content (AvgIpc) is 3.49. The Balaban J connectivity index is 1.29. The highest BCUT2D eigenvalue weighted by atomic mass is 32.2. The molecule has 2 N–H and O–H groups in total. The Hall–Kier alpha value is -2.06. The number of nitrogen functional groups attached to an aromatic ring is 1. The van der Waals surface area contributed by atoms with E-state index in [0.29, 0.717) is 17.7 Å². The van der Waals surface area contributed by atoms with Crippen LogP contribution in [0, 0.1) is 6.92 Å². The minimum absolute atomic E-state index is 0.173. The third-order valence-electron chi connectivity index (χ3n) is 5.52. The Labute approximate surface area is 170 Å².